The number of nitrogens with two attached hydrogens (primary N) is 1. The molecule has 0 radical (unpaired) electrons. The van der Waals surface area contributed by atoms with E-state index >= 15 is 0 Å². The van der Waals surface area contributed by atoms with Gasteiger partial charge in [0.1, 0.15) is 24.5 Å². The lowest BCUT2D eigenvalue weighted by Gasteiger charge is -2.16. The fourth-order valence-corrected chi connectivity index (χ4v) is 2.25. The van der Waals surface area contributed by atoms with Gasteiger partial charge in [-0.2, -0.15) is 13.2 Å². The monoisotopic (exact) mass is 382 g/mol. The van der Waals surface area contributed by atoms with Gasteiger partial charge in [0.2, 0.25) is 5.91 Å². The molecular weight excluding hydrogens is 361 g/mol. The van der Waals surface area contributed by atoms with Gasteiger partial charge < -0.3 is 20.9 Å². The van der Waals surface area contributed by atoms with Crippen molar-refractivity contribution in [3.63, 3.8) is 0 Å². The predicted octanol–water partition coefficient (Wildman–Crippen LogP) is 2.57. The van der Waals surface area contributed by atoms with Gasteiger partial charge in [-0.3, -0.25) is 4.79 Å². The van der Waals surface area contributed by atoms with Crippen LogP contribution in [-0.4, -0.2) is 30.3 Å². The largest absolute Gasteiger partial charge is 0.491 e. The van der Waals surface area contributed by atoms with Crippen LogP contribution < -0.4 is 15.8 Å². The summed E-state index contributed by atoms with van der Waals surface area (Å²) in [5, 5.41) is 12.4. The molecule has 146 valence electrons. The number of carbonyl (C=O) groups is 1. The van der Waals surface area contributed by atoms with Crippen molar-refractivity contribution in [3.8, 4) is 5.75 Å². The predicted molar refractivity (Wildman–Crippen MR) is 94.1 cm³/mol. The lowest BCUT2D eigenvalue weighted by molar-refractivity contribution is -0.137. The topological polar surface area (TPSA) is 84.6 Å². The Labute approximate surface area is 154 Å². The number of aryl methyl sites for hydroxylation is 1. The maximum Gasteiger partial charge on any atom is 0.416 e. The SMILES string of the molecule is Cc1ccc(C(N)C(=O)NCC(O)COc2ccc(C(F)(F)F)cc2)cc1. The van der Waals surface area contributed by atoms with Gasteiger partial charge >= 0.3 is 6.18 Å². The number of carbonyl (C=O) groups excluding carboxylic acids is 1. The minimum atomic E-state index is -4.42. The second-order valence-electron chi connectivity index (χ2n) is 6.12. The van der Waals surface area contributed by atoms with Crippen molar-refractivity contribution in [3.05, 3.63) is 65.2 Å². The Hall–Kier alpha value is -2.58. The lowest BCUT2D eigenvalue weighted by atomic mass is 10.1. The van der Waals surface area contributed by atoms with E-state index in [2.05, 4.69) is 5.32 Å². The van der Waals surface area contributed by atoms with E-state index in [1.54, 1.807) is 12.1 Å². The number of halogens is 3. The van der Waals surface area contributed by atoms with E-state index in [1.165, 1.54) is 12.1 Å². The van der Waals surface area contributed by atoms with Crippen LogP contribution in [0.3, 0.4) is 0 Å². The quantitative estimate of drug-likeness (QED) is 0.687. The molecular formula is C19H21F3N2O3. The maximum absolute atomic E-state index is 12.5. The molecule has 1 amide bonds. The number of hydrogen-bond acceptors (Lipinski definition) is 4. The zero-order valence-corrected chi connectivity index (χ0v) is 14.7. The Balaban J connectivity index is 1.77. The van der Waals surface area contributed by atoms with Gasteiger partial charge in [-0.25, -0.2) is 0 Å². The summed E-state index contributed by atoms with van der Waals surface area (Å²) in [6.45, 7) is 1.63. The number of benzene rings is 2. The third-order valence-corrected chi connectivity index (χ3v) is 3.85. The van der Waals surface area contributed by atoms with Gasteiger partial charge in [0.25, 0.3) is 0 Å². The highest BCUT2D eigenvalue weighted by atomic mass is 19.4. The second-order valence-corrected chi connectivity index (χ2v) is 6.12. The summed E-state index contributed by atoms with van der Waals surface area (Å²) >= 11 is 0. The Morgan fingerprint density at radius 1 is 1.15 bits per heavy atom. The highest BCUT2D eigenvalue weighted by Crippen LogP contribution is 2.30. The van der Waals surface area contributed by atoms with E-state index in [0.717, 1.165) is 17.7 Å². The molecule has 0 saturated heterocycles. The lowest BCUT2D eigenvalue weighted by Crippen LogP contribution is -2.40. The number of alkyl halides is 3. The molecule has 0 spiro atoms. The van der Waals surface area contributed by atoms with Crippen LogP contribution in [0.1, 0.15) is 22.7 Å². The van der Waals surface area contributed by atoms with Crippen LogP contribution in [0.4, 0.5) is 13.2 Å². The minimum Gasteiger partial charge on any atom is -0.491 e. The summed E-state index contributed by atoms with van der Waals surface area (Å²) in [6.07, 6.45) is -5.46. The molecule has 0 aliphatic heterocycles. The molecule has 0 aliphatic carbocycles. The first-order valence-corrected chi connectivity index (χ1v) is 8.25. The molecule has 0 aromatic heterocycles. The fraction of sp³-hybridized carbons (Fsp3) is 0.316. The Morgan fingerprint density at radius 3 is 2.30 bits per heavy atom. The summed E-state index contributed by atoms with van der Waals surface area (Å²) < 4.78 is 42.7. The number of hydrogen-bond donors (Lipinski definition) is 3. The van der Waals surface area contributed by atoms with Crippen LogP contribution in [0, 0.1) is 6.92 Å². The number of aliphatic hydroxyl groups excluding tert-OH is 1. The molecule has 8 heteroatoms. The van der Waals surface area contributed by atoms with E-state index < -0.39 is 29.8 Å². The van der Waals surface area contributed by atoms with Gasteiger partial charge in [-0.1, -0.05) is 29.8 Å². The molecule has 5 nitrogen and oxygen atoms in total. The fourth-order valence-electron chi connectivity index (χ4n) is 2.25. The zero-order valence-electron chi connectivity index (χ0n) is 14.7. The Morgan fingerprint density at radius 2 is 1.74 bits per heavy atom. The molecule has 0 heterocycles. The average Bonchev–Trinajstić information content (AvgIpc) is 2.64. The van der Waals surface area contributed by atoms with Gasteiger partial charge in [-0.05, 0) is 36.8 Å². The van der Waals surface area contributed by atoms with Crippen molar-refractivity contribution in [2.24, 2.45) is 5.73 Å². The summed E-state index contributed by atoms with van der Waals surface area (Å²) in [5.41, 5.74) is 6.78. The van der Waals surface area contributed by atoms with Gasteiger partial charge in [0, 0.05) is 6.54 Å². The van der Waals surface area contributed by atoms with E-state index in [-0.39, 0.29) is 18.9 Å². The van der Waals surface area contributed by atoms with Crippen molar-refractivity contribution in [1.29, 1.82) is 0 Å². The highest BCUT2D eigenvalue weighted by Gasteiger charge is 2.30. The van der Waals surface area contributed by atoms with Crippen molar-refractivity contribution in [1.82, 2.24) is 5.32 Å². The van der Waals surface area contributed by atoms with Crippen LogP contribution in [0.15, 0.2) is 48.5 Å². The number of amides is 1. The van der Waals surface area contributed by atoms with Crippen LogP contribution in [0.2, 0.25) is 0 Å². The molecule has 2 rings (SSSR count). The molecule has 2 aromatic carbocycles. The highest BCUT2D eigenvalue weighted by molar-refractivity contribution is 5.82. The molecule has 0 aliphatic rings. The van der Waals surface area contributed by atoms with Crippen LogP contribution >= 0.6 is 0 Å². The van der Waals surface area contributed by atoms with Gasteiger partial charge in [-0.15, -0.1) is 0 Å². The van der Waals surface area contributed by atoms with E-state index in [4.69, 9.17) is 10.5 Å². The third kappa shape index (κ3) is 6.26. The van der Waals surface area contributed by atoms with Gasteiger partial charge in [0.15, 0.2) is 0 Å². The van der Waals surface area contributed by atoms with Crippen LogP contribution in [0.25, 0.3) is 0 Å². The first kappa shape index (κ1) is 20.7. The summed E-state index contributed by atoms with van der Waals surface area (Å²) in [5.74, 6) is -0.267. The van der Waals surface area contributed by atoms with Crippen molar-refractivity contribution >= 4 is 5.91 Å². The Bertz CT molecular complexity index is 746. The van der Waals surface area contributed by atoms with Crippen molar-refractivity contribution in [2.75, 3.05) is 13.2 Å². The number of nitrogens with one attached hydrogen (secondary N) is 1. The molecule has 27 heavy (non-hydrogen) atoms. The number of rotatable bonds is 7. The zero-order chi connectivity index (χ0) is 20.0. The standard InChI is InChI=1S/C19H21F3N2O3/c1-12-2-4-13(5-3-12)17(23)18(26)24-10-15(25)11-27-16-8-6-14(7-9-16)19(20,21)22/h2-9,15,17,25H,10-11,23H2,1H3,(H,24,26). The smallest absolute Gasteiger partial charge is 0.416 e. The number of aliphatic hydroxyl groups is 1. The average molecular weight is 382 g/mol. The summed E-state index contributed by atoms with van der Waals surface area (Å²) in [4.78, 5) is 12.0. The molecule has 2 aromatic rings. The third-order valence-electron chi connectivity index (χ3n) is 3.85. The summed E-state index contributed by atoms with van der Waals surface area (Å²) in [7, 11) is 0. The molecule has 2 unspecified atom stereocenters. The summed E-state index contributed by atoms with van der Waals surface area (Å²) in [6, 6.07) is 10.4. The van der Waals surface area contributed by atoms with Crippen LogP contribution in [0.5, 0.6) is 5.75 Å². The van der Waals surface area contributed by atoms with Crippen molar-refractivity contribution < 1.29 is 27.8 Å². The Kier molecular flexibility index (Phi) is 6.81. The first-order valence-electron chi connectivity index (χ1n) is 8.25. The van der Waals surface area contributed by atoms with Gasteiger partial charge in [0.05, 0.1) is 5.56 Å². The van der Waals surface area contributed by atoms with E-state index in [0.29, 0.717) is 5.56 Å². The van der Waals surface area contributed by atoms with E-state index in [9.17, 15) is 23.1 Å². The second kappa shape index (κ2) is 8.88. The van der Waals surface area contributed by atoms with E-state index in [1.807, 2.05) is 19.1 Å². The molecule has 2 atom stereocenters. The molecule has 0 saturated carbocycles. The molecule has 0 fully saturated rings. The van der Waals surface area contributed by atoms with Crippen molar-refractivity contribution in [2.45, 2.75) is 25.2 Å². The first-order chi connectivity index (χ1) is 12.7. The minimum absolute atomic E-state index is 0.0982. The van der Waals surface area contributed by atoms with Crippen LogP contribution in [-0.2, 0) is 11.0 Å². The molecule has 0 bridgehead atoms. The molecule has 4 N–H and O–H groups in total. The number of ether oxygens (including phenoxy) is 1. The normalized spacial score (nSPS) is 13.7. The maximum atomic E-state index is 12.5.